The number of hydrogen-bond donors (Lipinski definition) is 1. The summed E-state index contributed by atoms with van der Waals surface area (Å²) in [5.74, 6) is 0. The second kappa shape index (κ2) is 6.91. The van der Waals surface area contributed by atoms with Crippen molar-refractivity contribution in [1.29, 1.82) is 0 Å². The molecule has 0 aliphatic heterocycles. The third-order valence-electron chi connectivity index (χ3n) is 2.57. The van der Waals surface area contributed by atoms with Gasteiger partial charge in [-0.05, 0) is 12.5 Å². The topological polar surface area (TPSA) is 41.6 Å². The number of hydrogen-bond acceptors (Lipinski definition) is 2. The molecule has 94 valence electrons. The number of nitrogens with one attached hydrogen (secondary N) is 1. The van der Waals surface area contributed by atoms with Gasteiger partial charge in [0.15, 0.2) is 0 Å². The van der Waals surface area contributed by atoms with Crippen LogP contribution in [0.1, 0.15) is 12.5 Å². The van der Waals surface area contributed by atoms with Crippen molar-refractivity contribution in [3.8, 4) is 0 Å². The molecule has 0 aliphatic carbocycles. The lowest BCUT2D eigenvalue weighted by atomic mass is 10.2. The summed E-state index contributed by atoms with van der Waals surface area (Å²) in [7, 11) is 3.40. The van der Waals surface area contributed by atoms with E-state index in [-0.39, 0.29) is 12.1 Å². The largest absolute Gasteiger partial charge is 0.380 e. The molecule has 4 heteroatoms. The summed E-state index contributed by atoms with van der Waals surface area (Å²) in [4.78, 5) is 13.3. The number of nitrogens with zero attached hydrogens (tertiary/aromatic N) is 1. The van der Waals surface area contributed by atoms with Gasteiger partial charge in [-0.1, -0.05) is 30.3 Å². The molecule has 0 saturated heterocycles. The molecule has 0 saturated carbocycles. The number of carbonyl (C=O) groups excluding carboxylic acids is 1. The summed E-state index contributed by atoms with van der Waals surface area (Å²) >= 11 is 0. The third kappa shape index (κ3) is 4.87. The van der Waals surface area contributed by atoms with Crippen LogP contribution in [0, 0.1) is 0 Å². The van der Waals surface area contributed by atoms with Gasteiger partial charge in [0, 0.05) is 27.2 Å². The number of urea groups is 1. The molecule has 2 amide bonds. The van der Waals surface area contributed by atoms with Crippen LogP contribution in [0.4, 0.5) is 4.79 Å². The van der Waals surface area contributed by atoms with Gasteiger partial charge in [-0.2, -0.15) is 0 Å². The van der Waals surface area contributed by atoms with Crippen LogP contribution in [0.5, 0.6) is 0 Å². The van der Waals surface area contributed by atoms with E-state index in [1.54, 1.807) is 19.1 Å². The lowest BCUT2D eigenvalue weighted by Crippen LogP contribution is -2.40. The summed E-state index contributed by atoms with van der Waals surface area (Å²) in [5.41, 5.74) is 1.09. The monoisotopic (exact) mass is 236 g/mol. The summed E-state index contributed by atoms with van der Waals surface area (Å²) in [5, 5.41) is 2.86. The number of amides is 2. The Hall–Kier alpha value is -1.55. The fourth-order valence-electron chi connectivity index (χ4n) is 1.45. The number of ether oxygens (including phenoxy) is 1. The minimum atomic E-state index is -0.0854. The molecule has 4 nitrogen and oxygen atoms in total. The van der Waals surface area contributed by atoms with E-state index in [0.29, 0.717) is 13.1 Å². The second-order valence-corrected chi connectivity index (χ2v) is 4.07. The van der Waals surface area contributed by atoms with Crippen LogP contribution in [0.3, 0.4) is 0 Å². The first-order valence-corrected chi connectivity index (χ1v) is 5.69. The highest BCUT2D eigenvalue weighted by molar-refractivity contribution is 5.73. The van der Waals surface area contributed by atoms with E-state index < -0.39 is 0 Å². The summed E-state index contributed by atoms with van der Waals surface area (Å²) in [6.45, 7) is 3.06. The maximum absolute atomic E-state index is 11.7. The van der Waals surface area contributed by atoms with Gasteiger partial charge in [-0.25, -0.2) is 4.79 Å². The third-order valence-corrected chi connectivity index (χ3v) is 2.57. The minimum Gasteiger partial charge on any atom is -0.380 e. The van der Waals surface area contributed by atoms with Crippen molar-refractivity contribution in [2.75, 3.05) is 20.7 Å². The van der Waals surface area contributed by atoms with Gasteiger partial charge in [0.2, 0.25) is 0 Å². The first-order chi connectivity index (χ1) is 8.13. The minimum absolute atomic E-state index is 0.0440. The summed E-state index contributed by atoms with van der Waals surface area (Å²) in [6, 6.07) is 9.75. The molecule has 1 aromatic rings. The van der Waals surface area contributed by atoms with Gasteiger partial charge in [0.1, 0.15) is 0 Å². The average Bonchev–Trinajstić information content (AvgIpc) is 2.36. The van der Waals surface area contributed by atoms with Crippen molar-refractivity contribution >= 4 is 6.03 Å². The number of benzene rings is 1. The highest BCUT2D eigenvalue weighted by atomic mass is 16.5. The van der Waals surface area contributed by atoms with E-state index in [1.807, 2.05) is 37.3 Å². The predicted molar refractivity (Wildman–Crippen MR) is 67.8 cm³/mol. The Balaban J connectivity index is 2.34. The van der Waals surface area contributed by atoms with E-state index in [2.05, 4.69) is 5.32 Å². The molecule has 0 aromatic heterocycles. The van der Waals surface area contributed by atoms with Crippen molar-refractivity contribution in [1.82, 2.24) is 10.2 Å². The zero-order valence-electron chi connectivity index (χ0n) is 10.6. The molecule has 0 bridgehead atoms. The predicted octanol–water partition coefficient (Wildman–Crippen LogP) is 1.86. The smallest absolute Gasteiger partial charge is 0.317 e. The lowest BCUT2D eigenvalue weighted by Gasteiger charge is -2.21. The zero-order valence-corrected chi connectivity index (χ0v) is 10.6. The zero-order chi connectivity index (χ0) is 12.7. The Labute approximate surface area is 103 Å². The SMILES string of the molecule is COC(C)CN(C)C(=O)NCc1ccccc1. The molecule has 1 rings (SSSR count). The van der Waals surface area contributed by atoms with Crippen molar-refractivity contribution in [2.24, 2.45) is 0 Å². The molecule has 0 fully saturated rings. The van der Waals surface area contributed by atoms with Gasteiger partial charge in [-0.15, -0.1) is 0 Å². The molecular weight excluding hydrogens is 216 g/mol. The number of carbonyl (C=O) groups is 1. The molecule has 1 unspecified atom stereocenters. The van der Waals surface area contributed by atoms with E-state index in [1.165, 1.54) is 0 Å². The van der Waals surface area contributed by atoms with Gasteiger partial charge in [0.05, 0.1) is 6.10 Å². The quantitative estimate of drug-likeness (QED) is 0.848. The van der Waals surface area contributed by atoms with E-state index in [4.69, 9.17) is 4.74 Å². The second-order valence-electron chi connectivity index (χ2n) is 4.07. The van der Waals surface area contributed by atoms with Crippen molar-refractivity contribution < 1.29 is 9.53 Å². The molecule has 0 heterocycles. The highest BCUT2D eigenvalue weighted by Crippen LogP contribution is 1.98. The van der Waals surface area contributed by atoms with Gasteiger partial charge < -0.3 is 15.0 Å². The number of methoxy groups -OCH3 is 1. The Bertz CT molecular complexity index is 341. The molecule has 1 N–H and O–H groups in total. The molecule has 0 spiro atoms. The van der Waals surface area contributed by atoms with Gasteiger partial charge in [-0.3, -0.25) is 0 Å². The van der Waals surface area contributed by atoms with Crippen LogP contribution in [0.25, 0.3) is 0 Å². The Morgan fingerprint density at radius 2 is 2.06 bits per heavy atom. The molecule has 1 aromatic carbocycles. The number of likely N-dealkylation sites (N-methyl/N-ethyl adjacent to an activating group) is 1. The van der Waals surface area contributed by atoms with Crippen LogP contribution in [-0.2, 0) is 11.3 Å². The molecule has 0 aliphatic rings. The van der Waals surface area contributed by atoms with Crippen molar-refractivity contribution in [2.45, 2.75) is 19.6 Å². The fraction of sp³-hybridized carbons (Fsp3) is 0.462. The maximum Gasteiger partial charge on any atom is 0.317 e. The van der Waals surface area contributed by atoms with Crippen LogP contribution in [0.15, 0.2) is 30.3 Å². The molecular formula is C13H20N2O2. The van der Waals surface area contributed by atoms with E-state index in [9.17, 15) is 4.79 Å². The standard InChI is InChI=1S/C13H20N2O2/c1-11(17-3)10-15(2)13(16)14-9-12-7-5-4-6-8-12/h4-8,11H,9-10H2,1-3H3,(H,14,16). The summed E-state index contributed by atoms with van der Waals surface area (Å²) < 4.78 is 5.11. The van der Waals surface area contributed by atoms with Crippen LogP contribution in [-0.4, -0.2) is 37.7 Å². The van der Waals surface area contributed by atoms with Crippen LogP contribution >= 0.6 is 0 Å². The maximum atomic E-state index is 11.7. The average molecular weight is 236 g/mol. The van der Waals surface area contributed by atoms with Gasteiger partial charge >= 0.3 is 6.03 Å². The van der Waals surface area contributed by atoms with Crippen LogP contribution in [0.2, 0.25) is 0 Å². The molecule has 0 radical (unpaired) electrons. The van der Waals surface area contributed by atoms with Gasteiger partial charge in [0.25, 0.3) is 0 Å². The molecule has 17 heavy (non-hydrogen) atoms. The highest BCUT2D eigenvalue weighted by Gasteiger charge is 2.11. The fourth-order valence-corrected chi connectivity index (χ4v) is 1.45. The van der Waals surface area contributed by atoms with Crippen molar-refractivity contribution in [3.63, 3.8) is 0 Å². The Morgan fingerprint density at radius 1 is 1.41 bits per heavy atom. The lowest BCUT2D eigenvalue weighted by molar-refractivity contribution is 0.0922. The van der Waals surface area contributed by atoms with E-state index >= 15 is 0 Å². The Morgan fingerprint density at radius 3 is 2.65 bits per heavy atom. The number of rotatable bonds is 5. The van der Waals surface area contributed by atoms with Crippen molar-refractivity contribution in [3.05, 3.63) is 35.9 Å². The first-order valence-electron chi connectivity index (χ1n) is 5.69. The summed E-state index contributed by atoms with van der Waals surface area (Å²) in [6.07, 6.45) is 0.0440. The van der Waals surface area contributed by atoms with Crippen LogP contribution < -0.4 is 5.32 Å². The Kier molecular flexibility index (Phi) is 5.49. The van der Waals surface area contributed by atoms with E-state index in [0.717, 1.165) is 5.56 Å². The molecule has 1 atom stereocenters. The normalized spacial score (nSPS) is 11.9. The first kappa shape index (κ1) is 13.5.